The van der Waals surface area contributed by atoms with Gasteiger partial charge in [-0.25, -0.2) is 0 Å². The molecule has 1 aliphatic rings. The molecular weight excluding hydrogens is 216 g/mol. The Bertz CT molecular complexity index is 338. The molecule has 1 saturated heterocycles. The van der Waals surface area contributed by atoms with E-state index < -0.39 is 0 Å². The molecule has 0 saturated carbocycles. The zero-order chi connectivity index (χ0) is 12.1. The number of hydrogen-bond donors (Lipinski definition) is 1. The van der Waals surface area contributed by atoms with Crippen molar-refractivity contribution in [1.82, 2.24) is 4.90 Å². The summed E-state index contributed by atoms with van der Waals surface area (Å²) in [6, 6.07) is 2.64. The van der Waals surface area contributed by atoms with E-state index in [1.165, 1.54) is 19.4 Å². The van der Waals surface area contributed by atoms with Gasteiger partial charge in [0.1, 0.15) is 5.76 Å². The average Bonchev–Trinajstić information content (AvgIpc) is 2.93. The van der Waals surface area contributed by atoms with Gasteiger partial charge in [-0.2, -0.15) is 0 Å². The molecule has 0 radical (unpaired) electrons. The predicted octanol–water partition coefficient (Wildman–Crippen LogP) is 1.74. The number of furan rings is 1. The molecule has 0 amide bonds. The molecule has 1 aromatic heterocycles. The number of nitrogens with two attached hydrogens (primary N) is 1. The Labute approximate surface area is 103 Å². The fourth-order valence-corrected chi connectivity index (χ4v) is 2.42. The fourth-order valence-electron chi connectivity index (χ4n) is 2.42. The maximum atomic E-state index is 5.69. The highest BCUT2D eigenvalue weighted by molar-refractivity contribution is 5.15. The summed E-state index contributed by atoms with van der Waals surface area (Å²) in [5.41, 5.74) is 6.64. The Balaban J connectivity index is 1.66. The maximum Gasteiger partial charge on any atom is 0.122 e. The number of ether oxygens (including phenoxy) is 1. The second-order valence-electron chi connectivity index (χ2n) is 4.69. The summed E-state index contributed by atoms with van der Waals surface area (Å²) < 4.78 is 10.9. The van der Waals surface area contributed by atoms with Gasteiger partial charge in [0.25, 0.3) is 0 Å². The van der Waals surface area contributed by atoms with Crippen molar-refractivity contribution in [3.05, 3.63) is 23.7 Å². The van der Waals surface area contributed by atoms with E-state index in [0.29, 0.717) is 19.2 Å². The zero-order valence-electron chi connectivity index (χ0n) is 10.5. The van der Waals surface area contributed by atoms with Crippen molar-refractivity contribution in [2.45, 2.75) is 38.5 Å². The van der Waals surface area contributed by atoms with E-state index in [4.69, 9.17) is 14.9 Å². The van der Waals surface area contributed by atoms with Gasteiger partial charge in [0, 0.05) is 18.2 Å². The first-order valence-corrected chi connectivity index (χ1v) is 6.34. The standard InChI is InChI=1S/C13H22N2O2/c1-15-6-2-3-12(15)5-7-16-10-11-4-8-17-13(11)9-14/h4,8,12H,2-3,5-7,9-10,14H2,1H3. The lowest BCUT2D eigenvalue weighted by Gasteiger charge is -2.18. The first-order chi connectivity index (χ1) is 8.31. The van der Waals surface area contributed by atoms with Crippen molar-refractivity contribution in [2.24, 2.45) is 5.73 Å². The molecular formula is C13H22N2O2. The van der Waals surface area contributed by atoms with E-state index in [0.717, 1.165) is 24.4 Å². The molecule has 0 spiro atoms. The minimum atomic E-state index is 0.442. The largest absolute Gasteiger partial charge is 0.468 e. The maximum absolute atomic E-state index is 5.69. The van der Waals surface area contributed by atoms with Gasteiger partial charge in [-0.1, -0.05) is 0 Å². The smallest absolute Gasteiger partial charge is 0.122 e. The predicted molar refractivity (Wildman–Crippen MR) is 66.5 cm³/mol. The lowest BCUT2D eigenvalue weighted by atomic mass is 10.1. The minimum Gasteiger partial charge on any atom is -0.468 e. The molecule has 0 aliphatic carbocycles. The summed E-state index contributed by atoms with van der Waals surface area (Å²) >= 11 is 0. The van der Waals surface area contributed by atoms with Gasteiger partial charge in [0.2, 0.25) is 0 Å². The molecule has 1 atom stereocenters. The summed E-state index contributed by atoms with van der Waals surface area (Å²) in [6.45, 7) is 3.09. The Hall–Kier alpha value is -0.840. The van der Waals surface area contributed by atoms with E-state index in [2.05, 4.69) is 11.9 Å². The van der Waals surface area contributed by atoms with Crippen LogP contribution in [-0.4, -0.2) is 31.1 Å². The van der Waals surface area contributed by atoms with Crippen LogP contribution in [0.4, 0.5) is 0 Å². The molecule has 0 bridgehead atoms. The van der Waals surface area contributed by atoms with Crippen LogP contribution in [0.2, 0.25) is 0 Å². The number of likely N-dealkylation sites (tertiary alicyclic amines) is 1. The van der Waals surface area contributed by atoms with E-state index >= 15 is 0 Å². The number of rotatable bonds is 6. The van der Waals surface area contributed by atoms with Gasteiger partial charge in [-0.15, -0.1) is 0 Å². The van der Waals surface area contributed by atoms with Gasteiger partial charge < -0.3 is 19.8 Å². The first-order valence-electron chi connectivity index (χ1n) is 6.34. The first kappa shape index (κ1) is 12.6. The molecule has 2 rings (SSSR count). The highest BCUT2D eigenvalue weighted by Gasteiger charge is 2.20. The summed E-state index contributed by atoms with van der Waals surface area (Å²) in [5.74, 6) is 0.836. The fraction of sp³-hybridized carbons (Fsp3) is 0.692. The molecule has 1 aliphatic heterocycles. The molecule has 1 fully saturated rings. The molecule has 0 aromatic carbocycles. The van der Waals surface area contributed by atoms with Crippen LogP contribution < -0.4 is 5.73 Å². The van der Waals surface area contributed by atoms with Gasteiger partial charge in [-0.3, -0.25) is 0 Å². The van der Waals surface area contributed by atoms with Crippen molar-refractivity contribution in [2.75, 3.05) is 20.2 Å². The molecule has 17 heavy (non-hydrogen) atoms. The molecule has 1 unspecified atom stereocenters. The molecule has 2 heterocycles. The van der Waals surface area contributed by atoms with Crippen molar-refractivity contribution in [1.29, 1.82) is 0 Å². The summed E-state index contributed by atoms with van der Waals surface area (Å²) in [6.07, 6.45) is 5.41. The quantitative estimate of drug-likeness (QED) is 0.767. The summed E-state index contributed by atoms with van der Waals surface area (Å²) in [5, 5.41) is 0. The monoisotopic (exact) mass is 238 g/mol. The Morgan fingerprint density at radius 3 is 3.18 bits per heavy atom. The van der Waals surface area contributed by atoms with Crippen LogP contribution >= 0.6 is 0 Å². The van der Waals surface area contributed by atoms with Crippen LogP contribution in [0.15, 0.2) is 16.7 Å². The van der Waals surface area contributed by atoms with Gasteiger partial charge in [0.05, 0.1) is 19.4 Å². The van der Waals surface area contributed by atoms with E-state index in [-0.39, 0.29) is 0 Å². The Morgan fingerprint density at radius 1 is 1.59 bits per heavy atom. The molecule has 4 heteroatoms. The third kappa shape index (κ3) is 3.31. The highest BCUT2D eigenvalue weighted by atomic mass is 16.5. The van der Waals surface area contributed by atoms with Crippen molar-refractivity contribution < 1.29 is 9.15 Å². The second-order valence-corrected chi connectivity index (χ2v) is 4.69. The van der Waals surface area contributed by atoms with Crippen LogP contribution in [0.3, 0.4) is 0 Å². The summed E-state index contributed by atoms with van der Waals surface area (Å²) in [4.78, 5) is 2.42. The lowest BCUT2D eigenvalue weighted by molar-refractivity contribution is 0.100. The van der Waals surface area contributed by atoms with Crippen molar-refractivity contribution in [3.63, 3.8) is 0 Å². The molecule has 2 N–H and O–H groups in total. The summed E-state index contributed by atoms with van der Waals surface area (Å²) in [7, 11) is 2.19. The van der Waals surface area contributed by atoms with Crippen LogP contribution in [-0.2, 0) is 17.9 Å². The average molecular weight is 238 g/mol. The minimum absolute atomic E-state index is 0.442. The zero-order valence-corrected chi connectivity index (χ0v) is 10.5. The normalized spacial score (nSPS) is 21.2. The van der Waals surface area contributed by atoms with E-state index in [9.17, 15) is 0 Å². The molecule has 1 aromatic rings. The molecule has 4 nitrogen and oxygen atoms in total. The van der Waals surface area contributed by atoms with Gasteiger partial charge in [0.15, 0.2) is 0 Å². The number of nitrogens with zero attached hydrogens (tertiary/aromatic N) is 1. The third-order valence-corrected chi connectivity index (χ3v) is 3.55. The Morgan fingerprint density at radius 2 is 2.47 bits per heavy atom. The SMILES string of the molecule is CN1CCCC1CCOCc1ccoc1CN. The number of hydrogen-bond acceptors (Lipinski definition) is 4. The van der Waals surface area contributed by atoms with Crippen molar-refractivity contribution in [3.8, 4) is 0 Å². The lowest BCUT2D eigenvalue weighted by Crippen LogP contribution is -2.26. The van der Waals surface area contributed by atoms with Crippen LogP contribution in [0.1, 0.15) is 30.6 Å². The molecule has 96 valence electrons. The topological polar surface area (TPSA) is 51.6 Å². The van der Waals surface area contributed by atoms with E-state index in [1.807, 2.05) is 6.07 Å². The Kier molecular flexibility index (Phi) is 4.59. The van der Waals surface area contributed by atoms with Crippen LogP contribution in [0, 0.1) is 0 Å². The van der Waals surface area contributed by atoms with E-state index in [1.54, 1.807) is 6.26 Å². The van der Waals surface area contributed by atoms with Crippen LogP contribution in [0.25, 0.3) is 0 Å². The van der Waals surface area contributed by atoms with Crippen molar-refractivity contribution >= 4 is 0 Å². The third-order valence-electron chi connectivity index (χ3n) is 3.55. The second kappa shape index (κ2) is 6.19. The highest BCUT2D eigenvalue weighted by Crippen LogP contribution is 2.18. The van der Waals surface area contributed by atoms with Crippen LogP contribution in [0.5, 0.6) is 0 Å². The van der Waals surface area contributed by atoms with Gasteiger partial charge >= 0.3 is 0 Å². The van der Waals surface area contributed by atoms with Gasteiger partial charge in [-0.05, 0) is 38.9 Å².